The van der Waals surface area contributed by atoms with Gasteiger partial charge < -0.3 is 4.98 Å². The van der Waals surface area contributed by atoms with Crippen molar-refractivity contribution in [3.63, 3.8) is 0 Å². The van der Waals surface area contributed by atoms with Crippen molar-refractivity contribution in [1.82, 2.24) is 14.7 Å². The molecule has 0 aliphatic heterocycles. The Hall–Kier alpha value is -1.41. The molecule has 2 bridgehead atoms. The lowest BCUT2D eigenvalue weighted by Crippen LogP contribution is -2.41. The molecule has 2 saturated carbocycles. The molecule has 3 N–H and O–H groups in total. The van der Waals surface area contributed by atoms with E-state index in [0.717, 1.165) is 25.5 Å². The van der Waals surface area contributed by atoms with Crippen molar-refractivity contribution in [2.75, 3.05) is 0 Å². The van der Waals surface area contributed by atoms with Crippen LogP contribution in [0.25, 0.3) is 0 Å². The highest BCUT2D eigenvalue weighted by molar-refractivity contribution is 7.89. The molecule has 104 valence electrons. The zero-order chi connectivity index (χ0) is 13.6. The number of fused-ring (bicyclic) bond motifs is 2. The first-order chi connectivity index (χ1) is 8.95. The Balaban J connectivity index is 1.87. The fourth-order valence-corrected chi connectivity index (χ4v) is 4.57. The van der Waals surface area contributed by atoms with Gasteiger partial charge >= 0.3 is 5.69 Å². The van der Waals surface area contributed by atoms with Gasteiger partial charge in [0.25, 0.3) is 5.56 Å². The van der Waals surface area contributed by atoms with Crippen molar-refractivity contribution in [2.45, 2.75) is 36.6 Å². The van der Waals surface area contributed by atoms with E-state index in [9.17, 15) is 18.0 Å². The largest absolute Gasteiger partial charge is 0.325 e. The van der Waals surface area contributed by atoms with Gasteiger partial charge in [-0.15, -0.1) is 0 Å². The van der Waals surface area contributed by atoms with Crippen LogP contribution in [0.1, 0.15) is 25.7 Å². The number of rotatable bonds is 3. The average molecular weight is 285 g/mol. The van der Waals surface area contributed by atoms with Gasteiger partial charge in [0.2, 0.25) is 10.0 Å². The number of sulfonamides is 1. The first-order valence-corrected chi connectivity index (χ1v) is 7.78. The summed E-state index contributed by atoms with van der Waals surface area (Å²) in [4.78, 5) is 26.1. The molecule has 0 unspecified atom stereocenters. The second-order valence-corrected chi connectivity index (χ2v) is 7.02. The maximum atomic E-state index is 12.1. The van der Waals surface area contributed by atoms with Crippen LogP contribution in [0.3, 0.4) is 0 Å². The van der Waals surface area contributed by atoms with Crippen molar-refractivity contribution in [3.05, 3.63) is 27.0 Å². The summed E-state index contributed by atoms with van der Waals surface area (Å²) in [7, 11) is -3.88. The van der Waals surface area contributed by atoms with Crippen LogP contribution in [-0.2, 0) is 10.0 Å². The van der Waals surface area contributed by atoms with Crippen LogP contribution in [0.2, 0.25) is 0 Å². The average Bonchev–Trinajstić information content (AvgIpc) is 2.89. The molecule has 8 heteroatoms. The highest BCUT2D eigenvalue weighted by Crippen LogP contribution is 2.44. The molecule has 2 fully saturated rings. The third kappa shape index (κ3) is 2.25. The van der Waals surface area contributed by atoms with E-state index < -0.39 is 26.2 Å². The second kappa shape index (κ2) is 4.31. The molecular formula is C11H15N3O4S. The minimum atomic E-state index is -3.88. The number of aromatic nitrogens is 2. The summed E-state index contributed by atoms with van der Waals surface area (Å²) >= 11 is 0. The molecule has 3 rings (SSSR count). The summed E-state index contributed by atoms with van der Waals surface area (Å²) in [5, 5.41) is 0. The summed E-state index contributed by atoms with van der Waals surface area (Å²) in [6.45, 7) is 0. The van der Waals surface area contributed by atoms with Crippen molar-refractivity contribution in [1.29, 1.82) is 0 Å². The Kier molecular flexibility index (Phi) is 2.86. The number of H-pyrrole nitrogens is 2. The maximum absolute atomic E-state index is 12.1. The number of hydrogen-bond acceptors (Lipinski definition) is 4. The van der Waals surface area contributed by atoms with E-state index in [1.165, 1.54) is 6.42 Å². The molecule has 2 aliphatic carbocycles. The zero-order valence-electron chi connectivity index (χ0n) is 10.2. The topological polar surface area (TPSA) is 112 Å². The third-order valence-electron chi connectivity index (χ3n) is 4.12. The van der Waals surface area contributed by atoms with Gasteiger partial charge in [0.1, 0.15) is 0 Å². The molecular weight excluding hydrogens is 270 g/mol. The van der Waals surface area contributed by atoms with Gasteiger partial charge in [0.15, 0.2) is 4.90 Å². The predicted molar refractivity (Wildman–Crippen MR) is 67.2 cm³/mol. The van der Waals surface area contributed by atoms with E-state index in [1.54, 1.807) is 0 Å². The lowest BCUT2D eigenvalue weighted by atomic mass is 9.96. The van der Waals surface area contributed by atoms with Crippen molar-refractivity contribution in [2.24, 2.45) is 11.8 Å². The smallest absolute Gasteiger partial charge is 0.313 e. The molecule has 0 spiro atoms. The fraction of sp³-hybridized carbons (Fsp3) is 0.636. The Labute approximate surface area is 109 Å². The van der Waals surface area contributed by atoms with E-state index in [-0.39, 0.29) is 6.04 Å². The van der Waals surface area contributed by atoms with Crippen LogP contribution < -0.4 is 16.0 Å². The Morgan fingerprint density at radius 2 is 2.00 bits per heavy atom. The molecule has 19 heavy (non-hydrogen) atoms. The molecule has 1 aromatic rings. The highest BCUT2D eigenvalue weighted by atomic mass is 32.2. The summed E-state index contributed by atoms with van der Waals surface area (Å²) in [6.07, 6.45) is 5.05. The van der Waals surface area contributed by atoms with Crippen LogP contribution in [0.5, 0.6) is 0 Å². The van der Waals surface area contributed by atoms with Gasteiger partial charge in [-0.25, -0.2) is 17.9 Å². The summed E-state index contributed by atoms with van der Waals surface area (Å²) in [6, 6.07) is -0.0879. The number of aromatic amines is 2. The zero-order valence-corrected chi connectivity index (χ0v) is 11.0. The lowest BCUT2D eigenvalue weighted by molar-refractivity contribution is 0.390. The SMILES string of the molecule is O=c1[nH]cc(S(=O)(=O)N[C@@H]2C[C@@H]3CC[C@@H]2C3)c(=O)[nH]1. The van der Waals surface area contributed by atoms with Gasteiger partial charge in [-0.05, 0) is 31.1 Å². The minimum Gasteiger partial charge on any atom is -0.313 e. The quantitative estimate of drug-likeness (QED) is 0.697. The first kappa shape index (κ1) is 12.6. The standard InChI is InChI=1S/C11H15N3O4S/c15-10-9(5-12-11(16)13-10)19(17,18)14-8-4-6-1-2-7(8)3-6/h5-8,14H,1-4H2,(H2,12,13,15,16)/t6-,7-,8-/m1/s1. The Morgan fingerprint density at radius 1 is 1.21 bits per heavy atom. The molecule has 1 aromatic heterocycles. The van der Waals surface area contributed by atoms with Gasteiger partial charge in [-0.2, -0.15) is 0 Å². The van der Waals surface area contributed by atoms with Crippen LogP contribution in [0.15, 0.2) is 20.7 Å². The van der Waals surface area contributed by atoms with Crippen molar-refractivity contribution >= 4 is 10.0 Å². The van der Waals surface area contributed by atoms with E-state index in [4.69, 9.17) is 0 Å². The van der Waals surface area contributed by atoms with Crippen molar-refractivity contribution < 1.29 is 8.42 Å². The Morgan fingerprint density at radius 3 is 2.58 bits per heavy atom. The summed E-state index contributed by atoms with van der Waals surface area (Å²) in [5.74, 6) is 0.980. The maximum Gasteiger partial charge on any atom is 0.325 e. The molecule has 0 aromatic carbocycles. The summed E-state index contributed by atoms with van der Waals surface area (Å²) < 4.78 is 26.9. The van der Waals surface area contributed by atoms with E-state index in [0.29, 0.717) is 11.8 Å². The minimum absolute atomic E-state index is 0.0879. The number of nitrogens with one attached hydrogen (secondary N) is 3. The molecule has 2 aliphatic rings. The molecule has 0 saturated heterocycles. The molecule has 3 atom stereocenters. The van der Waals surface area contributed by atoms with Gasteiger partial charge in [-0.3, -0.25) is 9.78 Å². The van der Waals surface area contributed by atoms with Crippen LogP contribution in [0, 0.1) is 11.8 Å². The molecule has 0 amide bonds. The normalized spacial score (nSPS) is 29.8. The van der Waals surface area contributed by atoms with Crippen LogP contribution in [0.4, 0.5) is 0 Å². The second-order valence-electron chi connectivity index (χ2n) is 5.34. The van der Waals surface area contributed by atoms with Crippen molar-refractivity contribution in [3.8, 4) is 0 Å². The number of hydrogen-bond donors (Lipinski definition) is 3. The lowest BCUT2D eigenvalue weighted by Gasteiger charge is -2.22. The van der Waals surface area contributed by atoms with E-state index >= 15 is 0 Å². The third-order valence-corrected chi connectivity index (χ3v) is 5.61. The molecule has 1 heterocycles. The molecule has 7 nitrogen and oxygen atoms in total. The molecule has 0 radical (unpaired) electrons. The van der Waals surface area contributed by atoms with Gasteiger partial charge in [0.05, 0.1) is 0 Å². The highest BCUT2D eigenvalue weighted by Gasteiger charge is 2.41. The monoisotopic (exact) mass is 285 g/mol. The van der Waals surface area contributed by atoms with E-state index in [1.807, 2.05) is 4.98 Å². The van der Waals surface area contributed by atoms with Crippen LogP contribution in [-0.4, -0.2) is 24.4 Å². The van der Waals surface area contributed by atoms with Gasteiger partial charge in [0, 0.05) is 12.2 Å². The fourth-order valence-electron chi connectivity index (χ4n) is 3.25. The van der Waals surface area contributed by atoms with Crippen LogP contribution >= 0.6 is 0 Å². The first-order valence-electron chi connectivity index (χ1n) is 6.30. The Bertz CT molecular complexity index is 705. The van der Waals surface area contributed by atoms with E-state index in [2.05, 4.69) is 9.71 Å². The predicted octanol–water partition coefficient (Wildman–Crippen LogP) is -0.470. The summed E-state index contributed by atoms with van der Waals surface area (Å²) in [5.41, 5.74) is -1.61. The van der Waals surface area contributed by atoms with Gasteiger partial charge in [-0.1, -0.05) is 6.42 Å².